The fraction of sp³-hybridized carbons (Fsp3) is 0.476. The summed E-state index contributed by atoms with van der Waals surface area (Å²) < 4.78 is 0. The summed E-state index contributed by atoms with van der Waals surface area (Å²) in [6, 6.07) is 7.86. The van der Waals surface area contributed by atoms with Gasteiger partial charge in [-0.1, -0.05) is 24.9 Å². The van der Waals surface area contributed by atoms with Gasteiger partial charge in [0.15, 0.2) is 0 Å². The molecule has 7 nitrogen and oxygen atoms in total. The van der Waals surface area contributed by atoms with E-state index in [4.69, 9.17) is 17.3 Å². The number of piperidine rings is 1. The number of carbonyl (C=O) groups is 1. The molecule has 1 aliphatic rings. The fourth-order valence-electron chi connectivity index (χ4n) is 3.71. The van der Waals surface area contributed by atoms with Crippen molar-refractivity contribution < 1.29 is 4.79 Å². The van der Waals surface area contributed by atoms with Crippen molar-refractivity contribution in [2.45, 2.75) is 38.6 Å². The van der Waals surface area contributed by atoms with Gasteiger partial charge < -0.3 is 20.9 Å². The first kappa shape index (κ1) is 21.2. The van der Waals surface area contributed by atoms with Crippen molar-refractivity contribution in [1.29, 1.82) is 0 Å². The molecule has 0 spiro atoms. The molecular weight excluding hydrogens is 388 g/mol. The number of hydrogen-bond acceptors (Lipinski definition) is 6. The molecule has 1 amide bonds. The maximum absolute atomic E-state index is 12.8. The van der Waals surface area contributed by atoms with Crippen LogP contribution in [-0.2, 0) is 11.2 Å². The second-order valence-electron chi connectivity index (χ2n) is 7.50. The minimum atomic E-state index is 0.0855. The number of halogens is 1. The van der Waals surface area contributed by atoms with Crippen molar-refractivity contribution in [3.63, 3.8) is 0 Å². The molecule has 0 radical (unpaired) electrons. The fourth-order valence-corrected chi connectivity index (χ4v) is 3.97. The number of rotatable bonds is 7. The number of aryl methyl sites for hydroxylation is 1. The van der Waals surface area contributed by atoms with E-state index in [-0.39, 0.29) is 18.5 Å². The molecule has 1 aromatic carbocycles. The van der Waals surface area contributed by atoms with Crippen LogP contribution >= 0.6 is 11.6 Å². The number of carbonyl (C=O) groups excluding carboxylic acids is 1. The zero-order valence-electron chi connectivity index (χ0n) is 17.1. The van der Waals surface area contributed by atoms with Gasteiger partial charge in [-0.05, 0) is 43.0 Å². The number of benzene rings is 1. The number of nitrogens with two attached hydrogens (primary N) is 1. The smallest absolute Gasteiger partial charge is 0.241 e. The molecule has 3 rings (SSSR count). The topological polar surface area (TPSA) is 87.4 Å². The van der Waals surface area contributed by atoms with Crippen LogP contribution in [0.25, 0.3) is 0 Å². The molecule has 156 valence electrons. The molecule has 1 fully saturated rings. The first-order chi connectivity index (χ1) is 14.0. The highest BCUT2D eigenvalue weighted by Crippen LogP contribution is 2.22. The van der Waals surface area contributed by atoms with Crippen LogP contribution < -0.4 is 16.0 Å². The lowest BCUT2D eigenvalue weighted by atomic mass is 10.0. The summed E-state index contributed by atoms with van der Waals surface area (Å²) in [5.74, 6) is 1.30. The molecular formula is C21H29ClN6O. The van der Waals surface area contributed by atoms with Crippen molar-refractivity contribution in [3.05, 3.63) is 41.2 Å². The summed E-state index contributed by atoms with van der Waals surface area (Å²) in [4.78, 5) is 25.0. The Kier molecular flexibility index (Phi) is 7.14. The number of likely N-dealkylation sites (tertiary alicyclic amines) is 1. The number of nitrogens with one attached hydrogen (secondary N) is 1. The van der Waals surface area contributed by atoms with Crippen molar-refractivity contribution in [3.8, 4) is 0 Å². The van der Waals surface area contributed by atoms with Gasteiger partial charge >= 0.3 is 0 Å². The van der Waals surface area contributed by atoms with Crippen LogP contribution in [0.1, 0.15) is 31.7 Å². The molecule has 0 bridgehead atoms. The zero-order valence-corrected chi connectivity index (χ0v) is 17.8. The van der Waals surface area contributed by atoms with E-state index in [1.807, 2.05) is 24.1 Å². The van der Waals surface area contributed by atoms with Crippen molar-refractivity contribution >= 4 is 34.8 Å². The maximum atomic E-state index is 12.8. The van der Waals surface area contributed by atoms with Crippen molar-refractivity contribution in [2.75, 3.05) is 42.6 Å². The van der Waals surface area contributed by atoms with Crippen molar-refractivity contribution in [2.24, 2.45) is 0 Å². The first-order valence-electron chi connectivity index (χ1n) is 10.1. The molecule has 1 aliphatic heterocycles. The number of anilines is 3. The predicted molar refractivity (Wildman–Crippen MR) is 118 cm³/mol. The van der Waals surface area contributed by atoms with Crippen LogP contribution in [0.3, 0.4) is 0 Å². The molecule has 0 aliphatic carbocycles. The summed E-state index contributed by atoms with van der Waals surface area (Å²) in [5.41, 5.74) is 7.84. The van der Waals surface area contributed by atoms with Gasteiger partial charge in [0.1, 0.15) is 18.0 Å². The maximum Gasteiger partial charge on any atom is 0.241 e. The Morgan fingerprint density at radius 3 is 2.93 bits per heavy atom. The molecule has 2 heterocycles. The summed E-state index contributed by atoms with van der Waals surface area (Å²) in [6.07, 6.45) is 5.45. The lowest BCUT2D eigenvalue weighted by Crippen LogP contribution is -2.50. The van der Waals surface area contributed by atoms with Gasteiger partial charge in [-0.15, -0.1) is 0 Å². The zero-order chi connectivity index (χ0) is 20.8. The van der Waals surface area contributed by atoms with Gasteiger partial charge in [0.05, 0.1) is 6.54 Å². The van der Waals surface area contributed by atoms with Crippen LogP contribution in [0.15, 0.2) is 30.6 Å². The Morgan fingerprint density at radius 2 is 2.17 bits per heavy atom. The molecule has 29 heavy (non-hydrogen) atoms. The highest BCUT2D eigenvalue weighted by Gasteiger charge is 2.27. The van der Waals surface area contributed by atoms with Gasteiger partial charge in [0.2, 0.25) is 5.91 Å². The molecule has 2 aromatic rings. The Morgan fingerprint density at radius 1 is 1.34 bits per heavy atom. The molecule has 1 aromatic heterocycles. The van der Waals surface area contributed by atoms with Crippen LogP contribution in [0.2, 0.25) is 5.02 Å². The van der Waals surface area contributed by atoms with Crippen LogP contribution in [0.4, 0.5) is 17.3 Å². The molecule has 1 saturated heterocycles. The average molecular weight is 417 g/mol. The minimum Gasteiger partial charge on any atom is -0.384 e. The van der Waals surface area contributed by atoms with E-state index in [1.54, 1.807) is 6.07 Å². The van der Waals surface area contributed by atoms with E-state index < -0.39 is 0 Å². The average Bonchev–Trinajstić information content (AvgIpc) is 2.71. The van der Waals surface area contributed by atoms with E-state index in [0.29, 0.717) is 17.4 Å². The molecule has 0 saturated carbocycles. The van der Waals surface area contributed by atoms with E-state index >= 15 is 0 Å². The Bertz CT molecular complexity index is 846. The molecule has 1 atom stereocenters. The van der Waals surface area contributed by atoms with Crippen LogP contribution in [-0.4, -0.2) is 53.5 Å². The highest BCUT2D eigenvalue weighted by molar-refractivity contribution is 6.30. The quantitative estimate of drug-likeness (QED) is 0.720. The number of nitrogens with zero attached hydrogens (tertiary/aromatic N) is 4. The summed E-state index contributed by atoms with van der Waals surface area (Å²) in [5, 5.41) is 3.93. The van der Waals surface area contributed by atoms with E-state index in [0.717, 1.165) is 43.7 Å². The summed E-state index contributed by atoms with van der Waals surface area (Å²) in [7, 11) is 1.99. The lowest BCUT2D eigenvalue weighted by molar-refractivity contribution is -0.130. The van der Waals surface area contributed by atoms with E-state index in [9.17, 15) is 4.79 Å². The number of nitrogen functional groups attached to an aromatic ring is 1. The first-order valence-corrected chi connectivity index (χ1v) is 10.5. The SMILES string of the molecule is CCCc1cc(Cl)cc(NCC(=O)N2CCCC(N(C)c3cc(N)ncn3)C2)c1. The van der Waals surface area contributed by atoms with Crippen molar-refractivity contribution in [1.82, 2.24) is 14.9 Å². The number of likely N-dealkylation sites (N-methyl/N-ethyl adjacent to an activating group) is 1. The van der Waals surface area contributed by atoms with Gasteiger partial charge in [0.25, 0.3) is 0 Å². The second kappa shape index (κ2) is 9.78. The van der Waals surface area contributed by atoms with Crippen LogP contribution in [0.5, 0.6) is 0 Å². The Hall–Kier alpha value is -2.54. The number of hydrogen-bond donors (Lipinski definition) is 2. The largest absolute Gasteiger partial charge is 0.384 e. The normalized spacial score (nSPS) is 16.5. The van der Waals surface area contributed by atoms with Gasteiger partial charge in [-0.25, -0.2) is 9.97 Å². The van der Waals surface area contributed by atoms with Crippen LogP contribution in [0, 0.1) is 0 Å². The molecule has 3 N–H and O–H groups in total. The summed E-state index contributed by atoms with van der Waals surface area (Å²) in [6.45, 7) is 3.82. The Balaban J connectivity index is 1.58. The van der Waals surface area contributed by atoms with Gasteiger partial charge in [-0.3, -0.25) is 4.79 Å². The van der Waals surface area contributed by atoms with E-state index in [2.05, 4.69) is 33.2 Å². The minimum absolute atomic E-state index is 0.0855. The third kappa shape index (κ3) is 5.73. The van der Waals surface area contributed by atoms with Gasteiger partial charge in [0, 0.05) is 43.0 Å². The number of amides is 1. The third-order valence-electron chi connectivity index (χ3n) is 5.27. The molecule has 8 heteroatoms. The van der Waals surface area contributed by atoms with E-state index in [1.165, 1.54) is 11.9 Å². The number of aromatic nitrogens is 2. The third-order valence-corrected chi connectivity index (χ3v) is 5.49. The second-order valence-corrected chi connectivity index (χ2v) is 7.94. The monoisotopic (exact) mass is 416 g/mol. The highest BCUT2D eigenvalue weighted by atomic mass is 35.5. The van der Waals surface area contributed by atoms with Gasteiger partial charge in [-0.2, -0.15) is 0 Å². The lowest BCUT2D eigenvalue weighted by Gasteiger charge is -2.38. The predicted octanol–water partition coefficient (Wildman–Crippen LogP) is 3.20. The Labute approximate surface area is 177 Å². The molecule has 1 unspecified atom stereocenters. The standard InChI is InChI=1S/C21H29ClN6O/c1-3-5-15-8-16(22)10-17(9-15)24-12-21(29)28-7-4-6-18(13-28)27(2)20-11-19(23)25-14-26-20/h8-11,14,18,24H,3-7,12-13H2,1-2H3,(H2,23,25,26). The summed E-state index contributed by atoms with van der Waals surface area (Å²) >= 11 is 6.21.